The molecule has 0 bridgehead atoms. The predicted molar refractivity (Wildman–Crippen MR) is 78.9 cm³/mol. The molecule has 21 heavy (non-hydrogen) atoms. The predicted octanol–water partition coefficient (Wildman–Crippen LogP) is -2.43. The quantitative estimate of drug-likeness (QED) is 0.321. The molecule has 1 saturated carbocycles. The second kappa shape index (κ2) is 8.97. The summed E-state index contributed by atoms with van der Waals surface area (Å²) in [6.07, 6.45) is 0.762. The Kier molecular flexibility index (Phi) is 8.00. The van der Waals surface area contributed by atoms with Gasteiger partial charge < -0.3 is 20.0 Å². The van der Waals surface area contributed by atoms with Crippen molar-refractivity contribution in [2.24, 2.45) is 11.8 Å². The van der Waals surface area contributed by atoms with Crippen LogP contribution >= 0.6 is 22.6 Å². The molecule has 1 fully saturated rings. The second-order valence-electron chi connectivity index (χ2n) is 4.78. The molecule has 1 N–H and O–H groups in total. The number of nitrogens with one attached hydrogen (secondary N) is 1. The number of carboxylic acid groups (broad SMARTS) is 1. The molecule has 7 heteroatoms. The molecule has 0 unspecified atom stereocenters. The first-order chi connectivity index (χ1) is 9.56. The Morgan fingerprint density at radius 3 is 2.43 bits per heavy atom. The van der Waals surface area contributed by atoms with Crippen molar-refractivity contribution in [1.82, 2.24) is 5.32 Å². The normalized spacial score (nSPS) is 19.9. The zero-order valence-corrected chi connectivity index (χ0v) is 16.0. The average Bonchev–Trinajstić information content (AvgIpc) is 2.34. The molecule has 0 radical (unpaired) electrons. The zero-order chi connectivity index (χ0) is 14.5. The van der Waals surface area contributed by atoms with Gasteiger partial charge >= 0.3 is 29.6 Å². The van der Waals surface area contributed by atoms with E-state index in [1.807, 2.05) is 24.3 Å². The van der Waals surface area contributed by atoms with E-state index in [0.717, 1.165) is 9.32 Å². The summed E-state index contributed by atoms with van der Waals surface area (Å²) in [6.45, 7) is 0.806. The maximum Gasteiger partial charge on any atom is 1.00 e. The number of hydrogen-bond acceptors (Lipinski definition) is 4. The Balaban J connectivity index is 0.00000220. The van der Waals surface area contributed by atoms with Gasteiger partial charge in [0.2, 0.25) is 5.91 Å². The molecule has 1 aromatic rings. The summed E-state index contributed by atoms with van der Waals surface area (Å²) in [6, 6.07) is 7.64. The minimum absolute atomic E-state index is 0. The summed E-state index contributed by atoms with van der Waals surface area (Å²) in [4.78, 5) is 22.2. The smallest absolute Gasteiger partial charge is 0.550 e. The molecule has 2 rings (SSSR count). The van der Waals surface area contributed by atoms with Crippen LogP contribution in [-0.4, -0.2) is 25.0 Å². The van der Waals surface area contributed by atoms with Crippen LogP contribution in [-0.2, 0) is 9.59 Å². The molecule has 1 aliphatic carbocycles. The summed E-state index contributed by atoms with van der Waals surface area (Å²) >= 11 is 2.22. The van der Waals surface area contributed by atoms with E-state index in [0.29, 0.717) is 26.0 Å². The first-order valence-electron chi connectivity index (χ1n) is 6.43. The molecule has 0 aromatic heterocycles. The van der Waals surface area contributed by atoms with Gasteiger partial charge in [-0.25, -0.2) is 0 Å². The van der Waals surface area contributed by atoms with E-state index in [1.54, 1.807) is 0 Å². The zero-order valence-electron chi connectivity index (χ0n) is 11.8. The van der Waals surface area contributed by atoms with Crippen LogP contribution < -0.4 is 44.7 Å². The number of carboxylic acids is 1. The van der Waals surface area contributed by atoms with Gasteiger partial charge in [0.25, 0.3) is 0 Å². The standard InChI is InChI=1S/C14H16INO4.Na/c15-11-1-3-12(4-2-11)20-6-5-16-13(17)9-7-10(8-9)14(18)19;/h1-4,9-10H,5-8H2,(H,16,17)(H,18,19);/q;+1/p-1. The number of ether oxygens (including phenoxy) is 1. The minimum atomic E-state index is -1.06. The SMILES string of the molecule is O=C([O-])C1CC(C(=O)NCCOc2ccc(I)cc2)C1.[Na+]. The fourth-order valence-corrected chi connectivity index (χ4v) is 2.40. The molecule has 1 amide bonds. The Labute approximate surface area is 159 Å². The van der Waals surface area contributed by atoms with E-state index in [-0.39, 0.29) is 41.4 Å². The number of hydrogen-bond donors (Lipinski definition) is 1. The van der Waals surface area contributed by atoms with Crippen LogP contribution in [0.15, 0.2) is 24.3 Å². The maximum absolute atomic E-state index is 11.7. The molecular weight excluding hydrogens is 396 g/mol. The van der Waals surface area contributed by atoms with Crippen molar-refractivity contribution in [3.05, 3.63) is 27.8 Å². The van der Waals surface area contributed by atoms with Gasteiger partial charge in [-0.05, 0) is 59.7 Å². The fraction of sp³-hybridized carbons (Fsp3) is 0.429. The number of rotatable bonds is 6. The van der Waals surface area contributed by atoms with E-state index in [9.17, 15) is 14.7 Å². The third-order valence-corrected chi connectivity index (χ3v) is 4.05. The van der Waals surface area contributed by atoms with Gasteiger partial charge in [-0.3, -0.25) is 4.79 Å². The number of carbonyl (C=O) groups is 2. The van der Waals surface area contributed by atoms with Gasteiger partial charge in [-0.15, -0.1) is 0 Å². The Bertz CT molecular complexity index is 488. The largest absolute Gasteiger partial charge is 1.00 e. The van der Waals surface area contributed by atoms with Crippen LogP contribution in [0.4, 0.5) is 0 Å². The van der Waals surface area contributed by atoms with Crippen molar-refractivity contribution in [1.29, 1.82) is 0 Å². The molecule has 0 atom stereocenters. The number of amides is 1. The number of benzene rings is 1. The number of halogens is 1. The van der Waals surface area contributed by atoms with Gasteiger partial charge in [-0.1, -0.05) is 0 Å². The molecule has 0 saturated heterocycles. The third-order valence-electron chi connectivity index (χ3n) is 3.33. The Morgan fingerprint density at radius 1 is 1.24 bits per heavy atom. The van der Waals surface area contributed by atoms with Crippen molar-refractivity contribution >= 4 is 34.5 Å². The average molecular weight is 411 g/mol. The third kappa shape index (κ3) is 5.77. The molecule has 5 nitrogen and oxygen atoms in total. The molecule has 1 aromatic carbocycles. The van der Waals surface area contributed by atoms with Crippen molar-refractivity contribution < 1.29 is 49.0 Å². The van der Waals surface area contributed by atoms with Crippen LogP contribution in [0.1, 0.15) is 12.8 Å². The van der Waals surface area contributed by atoms with E-state index in [4.69, 9.17) is 4.74 Å². The summed E-state index contributed by atoms with van der Waals surface area (Å²) in [7, 11) is 0. The monoisotopic (exact) mass is 411 g/mol. The molecule has 1 aliphatic rings. The summed E-state index contributed by atoms with van der Waals surface area (Å²) in [5, 5.41) is 13.3. The summed E-state index contributed by atoms with van der Waals surface area (Å²) in [5.41, 5.74) is 0. The van der Waals surface area contributed by atoms with Gasteiger partial charge in [0.05, 0.1) is 6.54 Å². The molecule has 108 valence electrons. The Morgan fingerprint density at radius 2 is 1.86 bits per heavy atom. The van der Waals surface area contributed by atoms with Crippen molar-refractivity contribution in [2.45, 2.75) is 12.8 Å². The van der Waals surface area contributed by atoms with E-state index < -0.39 is 11.9 Å². The molecule has 0 aliphatic heterocycles. The first kappa shape index (κ1) is 18.7. The van der Waals surface area contributed by atoms with Gasteiger partial charge in [0.15, 0.2) is 0 Å². The van der Waals surface area contributed by atoms with E-state index in [2.05, 4.69) is 27.9 Å². The van der Waals surface area contributed by atoms with Gasteiger partial charge in [0, 0.05) is 21.4 Å². The van der Waals surface area contributed by atoms with Crippen molar-refractivity contribution in [3.63, 3.8) is 0 Å². The fourth-order valence-electron chi connectivity index (χ4n) is 2.04. The maximum atomic E-state index is 11.7. The van der Waals surface area contributed by atoms with E-state index in [1.165, 1.54) is 0 Å². The first-order valence-corrected chi connectivity index (χ1v) is 7.51. The Hall–Kier alpha value is -0.310. The minimum Gasteiger partial charge on any atom is -0.550 e. The van der Waals surface area contributed by atoms with Crippen molar-refractivity contribution in [2.75, 3.05) is 13.2 Å². The second-order valence-corrected chi connectivity index (χ2v) is 6.02. The summed E-state index contributed by atoms with van der Waals surface area (Å²) < 4.78 is 6.61. The number of carbonyl (C=O) groups excluding carboxylic acids is 2. The van der Waals surface area contributed by atoms with Crippen LogP contribution in [0.2, 0.25) is 0 Å². The summed E-state index contributed by atoms with van der Waals surface area (Å²) in [5.74, 6) is -1.06. The van der Waals surface area contributed by atoms with Crippen LogP contribution in [0.25, 0.3) is 0 Å². The number of aliphatic carboxylic acids is 1. The molecular formula is C14H15INNaO4. The van der Waals surface area contributed by atoms with Crippen LogP contribution in [0.3, 0.4) is 0 Å². The van der Waals surface area contributed by atoms with E-state index >= 15 is 0 Å². The van der Waals surface area contributed by atoms with Crippen LogP contribution in [0.5, 0.6) is 5.75 Å². The molecule has 0 heterocycles. The van der Waals surface area contributed by atoms with Crippen molar-refractivity contribution in [3.8, 4) is 5.75 Å². The van der Waals surface area contributed by atoms with Gasteiger partial charge in [0.1, 0.15) is 12.4 Å². The van der Waals surface area contributed by atoms with Crippen LogP contribution in [0, 0.1) is 15.4 Å². The topological polar surface area (TPSA) is 78.5 Å². The van der Waals surface area contributed by atoms with Gasteiger partial charge in [-0.2, -0.15) is 0 Å². The molecule has 0 spiro atoms.